The second-order valence-corrected chi connectivity index (χ2v) is 2.99. The monoisotopic (exact) mass is 241 g/mol. The normalized spacial score (nSPS) is 12.4. The molecule has 3 N–H and O–H groups in total. The van der Waals surface area contributed by atoms with Gasteiger partial charge in [-0.05, 0) is 18.6 Å². The molecule has 0 bridgehead atoms. The Morgan fingerprint density at radius 2 is 1.87 bits per heavy atom. The molecule has 0 saturated heterocycles. The lowest BCUT2D eigenvalue weighted by molar-refractivity contribution is 0.113. The Kier molecular flexibility index (Phi) is 4.90. The van der Waals surface area contributed by atoms with E-state index in [1.165, 1.54) is 13.0 Å². The summed E-state index contributed by atoms with van der Waals surface area (Å²) in [6.45, 7) is 1.48. The van der Waals surface area contributed by atoms with E-state index in [4.69, 9.17) is 5.73 Å². The Balaban J connectivity index is 0.00000196. The van der Waals surface area contributed by atoms with Gasteiger partial charge in [0.25, 0.3) is 6.43 Å². The van der Waals surface area contributed by atoms with Crippen molar-refractivity contribution in [3.05, 3.63) is 29.1 Å². The number of aryl methyl sites for hydroxylation is 1. The van der Waals surface area contributed by atoms with E-state index in [2.05, 4.69) is 0 Å². The van der Waals surface area contributed by atoms with Gasteiger partial charge in [-0.2, -0.15) is 0 Å². The Hall–Kier alpha value is -0.940. The number of nitrogens with two attached hydrogens (primary N) is 1. The van der Waals surface area contributed by atoms with Crippen LogP contribution < -0.4 is 5.73 Å². The average molecular weight is 242 g/mol. The van der Waals surface area contributed by atoms with E-state index in [-0.39, 0.29) is 12.4 Å². The predicted molar refractivity (Wildman–Crippen MR) is 53.0 cm³/mol. The first kappa shape index (κ1) is 14.1. The molecule has 0 fully saturated rings. The van der Waals surface area contributed by atoms with Crippen LogP contribution in [0.1, 0.15) is 17.2 Å². The van der Waals surface area contributed by atoms with Crippen molar-refractivity contribution in [3.8, 4) is 5.75 Å². The third-order valence-corrected chi connectivity index (χ3v) is 1.97. The molecule has 0 aliphatic carbocycles. The molecule has 1 aromatic rings. The zero-order chi connectivity index (χ0) is 10.9. The molecule has 6 heteroatoms. The van der Waals surface area contributed by atoms with Gasteiger partial charge in [0.1, 0.15) is 11.6 Å². The van der Waals surface area contributed by atoms with Gasteiger partial charge >= 0.3 is 0 Å². The van der Waals surface area contributed by atoms with Crippen LogP contribution in [-0.4, -0.2) is 11.5 Å². The Bertz CT molecular complexity index is 346. The number of hydrogen-bond acceptors (Lipinski definition) is 2. The lowest BCUT2D eigenvalue weighted by atomic mass is 10.0. The Morgan fingerprint density at radius 1 is 1.33 bits per heavy atom. The summed E-state index contributed by atoms with van der Waals surface area (Å²) in [5, 5.41) is 9.34. The number of alkyl halides is 2. The number of hydrogen-bond donors (Lipinski definition) is 2. The summed E-state index contributed by atoms with van der Waals surface area (Å²) in [7, 11) is 0. The topological polar surface area (TPSA) is 46.2 Å². The lowest BCUT2D eigenvalue weighted by Gasteiger charge is -2.14. The van der Waals surface area contributed by atoms with Gasteiger partial charge in [-0.3, -0.25) is 0 Å². The van der Waals surface area contributed by atoms with Crippen molar-refractivity contribution in [1.29, 1.82) is 0 Å². The maximum absolute atomic E-state index is 13.1. The van der Waals surface area contributed by atoms with Crippen molar-refractivity contribution < 1.29 is 18.3 Å². The molecular weight excluding hydrogens is 231 g/mol. The summed E-state index contributed by atoms with van der Waals surface area (Å²) in [5.41, 5.74) is 4.85. The molecule has 0 aliphatic heterocycles. The van der Waals surface area contributed by atoms with Gasteiger partial charge in [0.2, 0.25) is 0 Å². The number of halogens is 4. The zero-order valence-electron chi connectivity index (χ0n) is 7.88. The molecule has 2 nitrogen and oxygen atoms in total. The van der Waals surface area contributed by atoms with Crippen LogP contribution >= 0.6 is 12.4 Å². The number of phenolic OH excluding ortho intramolecular Hbond substituents is 1. The molecule has 0 amide bonds. The van der Waals surface area contributed by atoms with E-state index in [9.17, 15) is 18.3 Å². The summed E-state index contributed by atoms with van der Waals surface area (Å²) in [4.78, 5) is 0. The predicted octanol–water partition coefficient (Wildman–Crippen LogP) is 2.53. The van der Waals surface area contributed by atoms with Crippen LogP contribution in [0.25, 0.3) is 0 Å². The Labute approximate surface area is 91.3 Å². The molecule has 0 radical (unpaired) electrons. The number of aromatic hydroxyl groups is 1. The number of benzene rings is 1. The average Bonchev–Trinajstić information content (AvgIpc) is 2.12. The fourth-order valence-electron chi connectivity index (χ4n) is 1.14. The van der Waals surface area contributed by atoms with Gasteiger partial charge in [-0.25, -0.2) is 13.2 Å². The molecule has 0 spiro atoms. The van der Waals surface area contributed by atoms with E-state index < -0.39 is 29.6 Å². The highest BCUT2D eigenvalue weighted by Crippen LogP contribution is 2.31. The molecule has 0 heterocycles. The minimum absolute atomic E-state index is 0. The van der Waals surface area contributed by atoms with E-state index in [1.54, 1.807) is 0 Å². The molecule has 1 rings (SSSR count). The Morgan fingerprint density at radius 3 is 2.33 bits per heavy atom. The van der Waals surface area contributed by atoms with Gasteiger partial charge < -0.3 is 10.8 Å². The van der Waals surface area contributed by atoms with Crippen LogP contribution in [-0.2, 0) is 0 Å². The largest absolute Gasteiger partial charge is 0.507 e. The molecule has 15 heavy (non-hydrogen) atoms. The molecule has 1 aromatic carbocycles. The van der Waals surface area contributed by atoms with Crippen molar-refractivity contribution in [3.63, 3.8) is 0 Å². The third-order valence-electron chi connectivity index (χ3n) is 1.97. The fourth-order valence-corrected chi connectivity index (χ4v) is 1.14. The van der Waals surface area contributed by atoms with Gasteiger partial charge in [0.15, 0.2) is 0 Å². The summed E-state index contributed by atoms with van der Waals surface area (Å²) >= 11 is 0. The lowest BCUT2D eigenvalue weighted by Crippen LogP contribution is -2.20. The summed E-state index contributed by atoms with van der Waals surface area (Å²) in [5.74, 6) is -1.42. The van der Waals surface area contributed by atoms with Crippen molar-refractivity contribution in [1.82, 2.24) is 0 Å². The molecule has 0 unspecified atom stereocenters. The highest BCUT2D eigenvalue weighted by atomic mass is 35.5. The van der Waals surface area contributed by atoms with E-state index >= 15 is 0 Å². The second kappa shape index (κ2) is 5.23. The van der Waals surface area contributed by atoms with Gasteiger partial charge in [0.05, 0.1) is 11.6 Å². The number of rotatable bonds is 2. The minimum Gasteiger partial charge on any atom is -0.507 e. The van der Waals surface area contributed by atoms with Gasteiger partial charge in [-0.15, -0.1) is 12.4 Å². The van der Waals surface area contributed by atoms with Crippen LogP contribution in [0.5, 0.6) is 5.75 Å². The second-order valence-electron chi connectivity index (χ2n) is 2.99. The molecular formula is C9H11ClF3NO. The van der Waals surface area contributed by atoms with E-state index in [0.717, 1.165) is 6.07 Å². The highest BCUT2D eigenvalue weighted by Gasteiger charge is 2.25. The van der Waals surface area contributed by atoms with Gasteiger partial charge in [0, 0.05) is 0 Å². The molecule has 1 atom stereocenters. The van der Waals surface area contributed by atoms with Crippen molar-refractivity contribution >= 4 is 12.4 Å². The maximum Gasteiger partial charge on any atom is 0.257 e. The number of phenols is 1. The fraction of sp³-hybridized carbons (Fsp3) is 0.333. The van der Waals surface area contributed by atoms with E-state index in [1.807, 2.05) is 0 Å². The maximum atomic E-state index is 13.1. The summed E-state index contributed by atoms with van der Waals surface area (Å²) in [6.07, 6.45) is -2.91. The van der Waals surface area contributed by atoms with Gasteiger partial charge in [-0.1, -0.05) is 6.07 Å². The standard InChI is InChI=1S/C9H10F3NO.ClH/c1-4-2-3-5(10)6(8(4)14)7(13)9(11)12;/h2-3,7,9,14H,13H2,1H3;1H/t7-;/m1./s1. The van der Waals surface area contributed by atoms with Crippen molar-refractivity contribution in [2.75, 3.05) is 0 Å². The highest BCUT2D eigenvalue weighted by molar-refractivity contribution is 5.85. The minimum atomic E-state index is -2.91. The van der Waals surface area contributed by atoms with Crippen LogP contribution in [0.3, 0.4) is 0 Å². The molecule has 0 aromatic heterocycles. The van der Waals surface area contributed by atoms with Crippen molar-refractivity contribution in [2.24, 2.45) is 5.73 Å². The quantitative estimate of drug-likeness (QED) is 0.836. The molecule has 0 saturated carbocycles. The smallest absolute Gasteiger partial charge is 0.257 e. The van der Waals surface area contributed by atoms with Crippen LogP contribution in [0.4, 0.5) is 13.2 Å². The first-order valence-electron chi connectivity index (χ1n) is 3.97. The van der Waals surface area contributed by atoms with Crippen LogP contribution in [0.2, 0.25) is 0 Å². The van der Waals surface area contributed by atoms with Crippen LogP contribution in [0, 0.1) is 12.7 Å². The molecule has 0 aliphatic rings. The van der Waals surface area contributed by atoms with Crippen molar-refractivity contribution in [2.45, 2.75) is 19.4 Å². The summed E-state index contributed by atoms with van der Waals surface area (Å²) < 4.78 is 37.5. The zero-order valence-corrected chi connectivity index (χ0v) is 8.69. The first-order chi connectivity index (χ1) is 6.45. The molecule has 86 valence electrons. The SMILES string of the molecule is Cc1ccc(F)c([C@@H](N)C(F)F)c1O.Cl. The first-order valence-corrected chi connectivity index (χ1v) is 3.97. The van der Waals surface area contributed by atoms with Crippen LogP contribution in [0.15, 0.2) is 12.1 Å². The summed E-state index contributed by atoms with van der Waals surface area (Å²) in [6, 6.07) is 0.508. The van der Waals surface area contributed by atoms with E-state index in [0.29, 0.717) is 5.56 Å². The third kappa shape index (κ3) is 2.76.